The number of piperidine rings is 1. The average Bonchev–Trinajstić information content (AvgIpc) is 2.44. The molecule has 5 nitrogen and oxygen atoms in total. The zero-order valence-corrected chi connectivity index (χ0v) is 13.6. The third-order valence-electron chi connectivity index (χ3n) is 3.63. The fourth-order valence-electron chi connectivity index (χ4n) is 2.55. The molecule has 1 aliphatic rings. The van der Waals surface area contributed by atoms with Gasteiger partial charge < -0.3 is 9.64 Å². The number of methoxy groups -OCH3 is 1. The highest BCUT2D eigenvalue weighted by atomic mass is 35.7. The number of benzene rings is 1. The van der Waals surface area contributed by atoms with E-state index in [0.717, 1.165) is 12.8 Å². The van der Waals surface area contributed by atoms with E-state index in [1.807, 2.05) is 0 Å². The van der Waals surface area contributed by atoms with Crippen LogP contribution in [0.3, 0.4) is 0 Å². The monoisotopic (exact) mass is 331 g/mol. The van der Waals surface area contributed by atoms with Crippen molar-refractivity contribution >= 4 is 25.6 Å². The van der Waals surface area contributed by atoms with Crippen LogP contribution in [-0.2, 0) is 9.05 Å². The lowest BCUT2D eigenvalue weighted by molar-refractivity contribution is 0.0679. The number of carbonyl (C=O) groups is 1. The summed E-state index contributed by atoms with van der Waals surface area (Å²) in [6.45, 7) is 3.43. The lowest BCUT2D eigenvalue weighted by Crippen LogP contribution is -2.39. The summed E-state index contributed by atoms with van der Waals surface area (Å²) in [5.41, 5.74) is 0.230. The molecule has 0 N–H and O–H groups in total. The van der Waals surface area contributed by atoms with Crippen LogP contribution in [0.15, 0.2) is 23.1 Å². The van der Waals surface area contributed by atoms with Gasteiger partial charge in [0.2, 0.25) is 0 Å². The van der Waals surface area contributed by atoms with Crippen LogP contribution in [0.25, 0.3) is 0 Å². The number of carbonyl (C=O) groups excluding carboxylic acids is 1. The first-order valence-corrected chi connectivity index (χ1v) is 9.06. The van der Waals surface area contributed by atoms with Crippen molar-refractivity contribution in [1.82, 2.24) is 4.90 Å². The van der Waals surface area contributed by atoms with Crippen molar-refractivity contribution in [3.63, 3.8) is 0 Å². The van der Waals surface area contributed by atoms with Crippen LogP contribution in [-0.4, -0.2) is 39.4 Å². The van der Waals surface area contributed by atoms with Crippen molar-refractivity contribution in [3.8, 4) is 5.75 Å². The molecule has 1 heterocycles. The summed E-state index contributed by atoms with van der Waals surface area (Å²) in [5, 5.41) is 0. The van der Waals surface area contributed by atoms with Crippen LogP contribution in [0, 0.1) is 5.92 Å². The Hall–Kier alpha value is -1.27. The predicted octanol–water partition coefficient (Wildman–Crippen LogP) is 2.49. The molecule has 7 heteroatoms. The molecule has 1 atom stereocenters. The highest BCUT2D eigenvalue weighted by Crippen LogP contribution is 2.27. The summed E-state index contributed by atoms with van der Waals surface area (Å²) >= 11 is 0. The van der Waals surface area contributed by atoms with Gasteiger partial charge in [-0.15, -0.1) is 0 Å². The third kappa shape index (κ3) is 3.68. The second kappa shape index (κ2) is 6.23. The first kappa shape index (κ1) is 16.1. The molecular formula is C14H18ClNO4S. The van der Waals surface area contributed by atoms with Crippen LogP contribution >= 0.6 is 10.7 Å². The number of likely N-dealkylation sites (tertiary alicyclic amines) is 1. The van der Waals surface area contributed by atoms with E-state index in [9.17, 15) is 13.2 Å². The molecule has 0 aliphatic carbocycles. The van der Waals surface area contributed by atoms with E-state index in [1.165, 1.54) is 25.3 Å². The molecule has 0 saturated carbocycles. The van der Waals surface area contributed by atoms with Crippen LogP contribution in [0.2, 0.25) is 0 Å². The van der Waals surface area contributed by atoms with Crippen molar-refractivity contribution in [2.75, 3.05) is 20.2 Å². The van der Waals surface area contributed by atoms with Gasteiger partial charge in [-0.25, -0.2) is 8.42 Å². The summed E-state index contributed by atoms with van der Waals surface area (Å²) in [6, 6.07) is 4.06. The fraction of sp³-hybridized carbons (Fsp3) is 0.500. The lowest BCUT2D eigenvalue weighted by atomic mass is 9.99. The van der Waals surface area contributed by atoms with Gasteiger partial charge in [0.05, 0.1) is 17.6 Å². The Morgan fingerprint density at radius 3 is 2.71 bits per heavy atom. The maximum Gasteiger partial charge on any atom is 0.261 e. The van der Waals surface area contributed by atoms with E-state index in [0.29, 0.717) is 24.8 Å². The van der Waals surface area contributed by atoms with Crippen molar-refractivity contribution < 1.29 is 17.9 Å². The van der Waals surface area contributed by atoms with Crippen molar-refractivity contribution in [3.05, 3.63) is 23.8 Å². The quantitative estimate of drug-likeness (QED) is 0.798. The molecule has 21 heavy (non-hydrogen) atoms. The summed E-state index contributed by atoms with van der Waals surface area (Å²) < 4.78 is 28.0. The average molecular weight is 332 g/mol. The highest BCUT2D eigenvalue weighted by Gasteiger charge is 2.25. The van der Waals surface area contributed by atoms with E-state index < -0.39 is 9.05 Å². The standard InChI is InChI=1S/C14H18ClNO4S/c1-10-4-3-7-16(9-10)14(17)12-8-11(21(15,18)19)5-6-13(12)20-2/h5-6,8,10H,3-4,7,9H2,1-2H3. The Balaban J connectivity index is 2.38. The number of rotatable bonds is 3. The summed E-state index contributed by atoms with van der Waals surface area (Å²) in [7, 11) is 2.91. The smallest absolute Gasteiger partial charge is 0.261 e. The van der Waals surface area contributed by atoms with Gasteiger partial charge in [0, 0.05) is 23.8 Å². The molecule has 0 aromatic heterocycles. The molecule has 0 radical (unpaired) electrons. The molecular weight excluding hydrogens is 314 g/mol. The maximum atomic E-state index is 12.6. The Kier molecular flexibility index (Phi) is 4.78. The molecule has 1 fully saturated rings. The zero-order chi connectivity index (χ0) is 15.6. The largest absolute Gasteiger partial charge is 0.496 e. The first-order valence-electron chi connectivity index (χ1n) is 6.75. The summed E-state index contributed by atoms with van der Waals surface area (Å²) in [6.07, 6.45) is 2.04. The molecule has 0 bridgehead atoms. The topological polar surface area (TPSA) is 63.7 Å². The minimum atomic E-state index is -3.88. The molecule has 1 saturated heterocycles. The van der Waals surface area contributed by atoms with Crippen molar-refractivity contribution in [2.24, 2.45) is 5.92 Å². The van der Waals surface area contributed by atoms with Gasteiger partial charge in [-0.1, -0.05) is 6.92 Å². The molecule has 1 aromatic rings. The minimum absolute atomic E-state index is 0.0987. The van der Waals surface area contributed by atoms with Gasteiger partial charge in [-0.05, 0) is 37.0 Å². The number of nitrogens with zero attached hydrogens (tertiary/aromatic N) is 1. The van der Waals surface area contributed by atoms with Gasteiger partial charge in [0.15, 0.2) is 0 Å². The predicted molar refractivity (Wildman–Crippen MR) is 80.3 cm³/mol. The Labute approximate surface area is 129 Å². The van der Waals surface area contributed by atoms with Gasteiger partial charge in [-0.2, -0.15) is 0 Å². The summed E-state index contributed by atoms with van der Waals surface area (Å²) in [5.74, 6) is 0.566. The number of halogens is 1. The van der Waals surface area contributed by atoms with Crippen LogP contribution in [0.5, 0.6) is 5.75 Å². The van der Waals surface area contributed by atoms with Crippen molar-refractivity contribution in [1.29, 1.82) is 0 Å². The molecule has 1 unspecified atom stereocenters. The van der Waals surface area contributed by atoms with Crippen molar-refractivity contribution in [2.45, 2.75) is 24.7 Å². The maximum absolute atomic E-state index is 12.6. The molecule has 0 spiro atoms. The van der Waals surface area contributed by atoms with E-state index in [4.69, 9.17) is 15.4 Å². The molecule has 2 rings (SSSR count). The van der Waals surface area contributed by atoms with Crippen LogP contribution in [0.4, 0.5) is 0 Å². The summed E-state index contributed by atoms with van der Waals surface area (Å²) in [4.78, 5) is 14.2. The van der Waals surface area contributed by atoms with Crippen LogP contribution < -0.4 is 4.74 Å². The second-order valence-electron chi connectivity index (χ2n) is 5.30. The fourth-order valence-corrected chi connectivity index (χ4v) is 3.33. The second-order valence-corrected chi connectivity index (χ2v) is 7.86. The zero-order valence-electron chi connectivity index (χ0n) is 12.0. The Bertz CT molecular complexity index is 644. The van der Waals surface area contributed by atoms with Gasteiger partial charge in [-0.3, -0.25) is 4.79 Å². The minimum Gasteiger partial charge on any atom is -0.496 e. The lowest BCUT2D eigenvalue weighted by Gasteiger charge is -2.31. The highest BCUT2D eigenvalue weighted by molar-refractivity contribution is 8.13. The molecule has 1 aromatic carbocycles. The van der Waals surface area contributed by atoms with E-state index in [-0.39, 0.29) is 16.4 Å². The third-order valence-corrected chi connectivity index (χ3v) is 4.98. The van der Waals surface area contributed by atoms with E-state index in [1.54, 1.807) is 4.90 Å². The number of ether oxygens (including phenoxy) is 1. The number of amides is 1. The van der Waals surface area contributed by atoms with Gasteiger partial charge >= 0.3 is 0 Å². The molecule has 1 amide bonds. The SMILES string of the molecule is COc1ccc(S(=O)(=O)Cl)cc1C(=O)N1CCCC(C)C1. The Morgan fingerprint density at radius 1 is 1.43 bits per heavy atom. The van der Waals surface area contributed by atoms with Crippen LogP contribution in [0.1, 0.15) is 30.1 Å². The van der Waals surface area contributed by atoms with Gasteiger partial charge in [0.1, 0.15) is 5.75 Å². The molecule has 1 aliphatic heterocycles. The Morgan fingerprint density at radius 2 is 2.14 bits per heavy atom. The van der Waals surface area contributed by atoms with Gasteiger partial charge in [0.25, 0.3) is 15.0 Å². The normalized spacial score (nSPS) is 19.4. The number of hydrogen-bond acceptors (Lipinski definition) is 4. The number of hydrogen-bond donors (Lipinski definition) is 0. The molecule has 116 valence electrons. The van der Waals surface area contributed by atoms with E-state index >= 15 is 0 Å². The first-order chi connectivity index (χ1) is 9.82. The van der Waals surface area contributed by atoms with E-state index in [2.05, 4.69) is 6.92 Å².